The SMILES string of the molecule is CCCN1c2cccc(OC)c2C2(C(=O)C(C)C)c3c(OC)cccc3N(CCC)c3cccc1c32. The maximum absolute atomic E-state index is 14.8. The summed E-state index contributed by atoms with van der Waals surface area (Å²) in [6.45, 7) is 10.1. The molecule has 0 spiro atoms. The van der Waals surface area contributed by atoms with E-state index in [0.717, 1.165) is 76.9 Å². The molecule has 0 aliphatic carbocycles. The van der Waals surface area contributed by atoms with E-state index in [1.165, 1.54) is 0 Å². The quantitative estimate of drug-likeness (QED) is 0.345. The molecule has 0 amide bonds. The molecule has 188 valence electrons. The molecule has 0 bridgehead atoms. The lowest BCUT2D eigenvalue weighted by Crippen LogP contribution is -2.50. The zero-order valence-corrected chi connectivity index (χ0v) is 22.2. The van der Waals surface area contributed by atoms with Crippen molar-refractivity contribution in [3.05, 3.63) is 71.3 Å². The van der Waals surface area contributed by atoms with Gasteiger partial charge in [-0.1, -0.05) is 45.9 Å². The Hall–Kier alpha value is -3.47. The van der Waals surface area contributed by atoms with E-state index in [0.29, 0.717) is 0 Å². The van der Waals surface area contributed by atoms with Crippen molar-refractivity contribution in [2.24, 2.45) is 5.92 Å². The lowest BCUT2D eigenvalue weighted by molar-refractivity contribution is -0.125. The number of benzene rings is 3. The lowest BCUT2D eigenvalue weighted by atomic mass is 9.59. The number of Topliss-reactive ketones (excluding diaryl/α,β-unsaturated/α-hetero) is 1. The fourth-order valence-electron chi connectivity index (χ4n) is 6.31. The Labute approximate surface area is 214 Å². The molecule has 2 aliphatic heterocycles. The van der Waals surface area contributed by atoms with Gasteiger partial charge in [-0.25, -0.2) is 0 Å². The number of carbonyl (C=O) groups excluding carboxylic acids is 1. The minimum Gasteiger partial charge on any atom is -0.496 e. The van der Waals surface area contributed by atoms with Crippen LogP contribution in [0, 0.1) is 5.92 Å². The van der Waals surface area contributed by atoms with Crippen LogP contribution in [-0.2, 0) is 10.2 Å². The van der Waals surface area contributed by atoms with Gasteiger partial charge in [0, 0.05) is 58.4 Å². The van der Waals surface area contributed by atoms with Crippen LogP contribution in [0.25, 0.3) is 0 Å². The number of hydrogen-bond donors (Lipinski definition) is 0. The monoisotopic (exact) mass is 484 g/mol. The highest BCUT2D eigenvalue weighted by Crippen LogP contribution is 2.64. The first-order valence-electron chi connectivity index (χ1n) is 13.0. The highest BCUT2D eigenvalue weighted by molar-refractivity contribution is 6.10. The Morgan fingerprint density at radius 2 is 1.11 bits per heavy atom. The molecule has 0 saturated carbocycles. The van der Waals surface area contributed by atoms with Crippen LogP contribution >= 0.6 is 0 Å². The van der Waals surface area contributed by atoms with E-state index in [1.54, 1.807) is 14.2 Å². The van der Waals surface area contributed by atoms with Gasteiger partial charge in [0.05, 0.1) is 14.2 Å². The summed E-state index contributed by atoms with van der Waals surface area (Å²) in [6.07, 6.45) is 1.95. The van der Waals surface area contributed by atoms with Crippen molar-refractivity contribution in [1.29, 1.82) is 0 Å². The molecule has 2 aliphatic rings. The molecule has 0 radical (unpaired) electrons. The van der Waals surface area contributed by atoms with Crippen molar-refractivity contribution in [2.45, 2.75) is 46.0 Å². The van der Waals surface area contributed by atoms with E-state index in [1.807, 2.05) is 38.1 Å². The topological polar surface area (TPSA) is 42.0 Å². The molecular weight excluding hydrogens is 448 g/mol. The molecule has 0 atom stereocenters. The molecular formula is C31H36N2O3. The molecule has 3 aromatic carbocycles. The first-order valence-corrected chi connectivity index (χ1v) is 13.0. The second kappa shape index (κ2) is 9.20. The van der Waals surface area contributed by atoms with Crippen molar-refractivity contribution < 1.29 is 14.3 Å². The van der Waals surface area contributed by atoms with Crippen molar-refractivity contribution in [3.8, 4) is 11.5 Å². The number of methoxy groups -OCH3 is 2. The third kappa shape index (κ3) is 3.11. The van der Waals surface area contributed by atoms with Crippen molar-refractivity contribution in [2.75, 3.05) is 37.1 Å². The molecule has 5 heteroatoms. The maximum Gasteiger partial charge on any atom is 0.155 e. The van der Waals surface area contributed by atoms with Crippen molar-refractivity contribution in [3.63, 3.8) is 0 Å². The van der Waals surface area contributed by atoms with Crippen molar-refractivity contribution in [1.82, 2.24) is 0 Å². The average Bonchev–Trinajstić information content (AvgIpc) is 2.90. The maximum atomic E-state index is 14.8. The Balaban J connectivity index is 2.06. The smallest absolute Gasteiger partial charge is 0.155 e. The first-order chi connectivity index (χ1) is 17.5. The van der Waals surface area contributed by atoms with Gasteiger partial charge in [-0.05, 0) is 49.2 Å². The van der Waals surface area contributed by atoms with Gasteiger partial charge in [0.2, 0.25) is 0 Å². The Morgan fingerprint density at radius 3 is 1.47 bits per heavy atom. The standard InChI is InChI=1S/C31H36N2O3/c1-7-18-32-21-12-9-13-22-27(21)31(30(34)20(3)4,28-23(32)14-10-16-25(28)35-5)29-24(33(22)19-8-2)15-11-17-26(29)36-6/h9-17,20H,7-8,18-19H2,1-6H3. The molecule has 5 rings (SSSR count). The number of anilines is 4. The van der Waals surface area contributed by atoms with Crippen LogP contribution in [-0.4, -0.2) is 33.1 Å². The Kier molecular flexibility index (Phi) is 6.19. The molecule has 36 heavy (non-hydrogen) atoms. The lowest BCUT2D eigenvalue weighted by Gasteiger charge is -2.52. The number of ketones is 1. The number of fused-ring (bicyclic) bond motifs is 4. The van der Waals surface area contributed by atoms with E-state index in [9.17, 15) is 4.79 Å². The predicted octanol–water partition coefficient (Wildman–Crippen LogP) is 6.99. The van der Waals surface area contributed by atoms with Gasteiger partial charge >= 0.3 is 0 Å². The summed E-state index contributed by atoms with van der Waals surface area (Å²) in [5.74, 6) is 1.39. The summed E-state index contributed by atoms with van der Waals surface area (Å²) >= 11 is 0. The van der Waals surface area contributed by atoms with Crippen LogP contribution < -0.4 is 19.3 Å². The third-order valence-electron chi connectivity index (χ3n) is 7.55. The first kappa shape index (κ1) is 24.2. The van der Waals surface area contributed by atoms with Crippen molar-refractivity contribution >= 4 is 28.5 Å². The van der Waals surface area contributed by atoms with E-state index in [2.05, 4.69) is 54.0 Å². The fourth-order valence-corrected chi connectivity index (χ4v) is 6.31. The van der Waals surface area contributed by atoms with Gasteiger partial charge in [0.1, 0.15) is 16.9 Å². The molecule has 0 fully saturated rings. The van der Waals surface area contributed by atoms with E-state index < -0.39 is 5.41 Å². The number of ether oxygens (including phenoxy) is 2. The number of rotatable bonds is 8. The highest BCUT2D eigenvalue weighted by atomic mass is 16.5. The molecule has 0 N–H and O–H groups in total. The molecule has 5 nitrogen and oxygen atoms in total. The van der Waals surface area contributed by atoms with Gasteiger partial charge in [0.25, 0.3) is 0 Å². The average molecular weight is 485 g/mol. The second-order valence-corrected chi connectivity index (χ2v) is 9.95. The summed E-state index contributed by atoms with van der Waals surface area (Å²) in [5.41, 5.74) is 6.04. The largest absolute Gasteiger partial charge is 0.496 e. The van der Waals surface area contributed by atoms with Crippen LogP contribution in [0.4, 0.5) is 22.7 Å². The fraction of sp³-hybridized carbons (Fsp3) is 0.387. The van der Waals surface area contributed by atoms with Crippen LogP contribution in [0.5, 0.6) is 11.5 Å². The summed E-state index contributed by atoms with van der Waals surface area (Å²) in [4.78, 5) is 19.6. The molecule has 0 aromatic heterocycles. The van der Waals surface area contributed by atoms with Crippen LogP contribution in [0.15, 0.2) is 54.6 Å². The number of carbonyl (C=O) groups is 1. The van der Waals surface area contributed by atoms with Crippen LogP contribution in [0.3, 0.4) is 0 Å². The van der Waals surface area contributed by atoms with E-state index in [4.69, 9.17) is 9.47 Å². The normalized spacial score (nSPS) is 14.8. The Bertz CT molecular complexity index is 1230. The minimum atomic E-state index is -1.06. The van der Waals surface area contributed by atoms with Gasteiger partial charge in [0.15, 0.2) is 5.78 Å². The van der Waals surface area contributed by atoms with E-state index >= 15 is 0 Å². The van der Waals surface area contributed by atoms with E-state index in [-0.39, 0.29) is 11.7 Å². The van der Waals surface area contributed by atoms with Crippen LogP contribution in [0.2, 0.25) is 0 Å². The number of nitrogens with zero attached hydrogens (tertiary/aromatic N) is 2. The van der Waals surface area contributed by atoms with Gasteiger partial charge in [-0.2, -0.15) is 0 Å². The van der Waals surface area contributed by atoms with Gasteiger partial charge in [-0.15, -0.1) is 0 Å². The summed E-state index contributed by atoms with van der Waals surface area (Å²) < 4.78 is 12.1. The third-order valence-corrected chi connectivity index (χ3v) is 7.55. The van der Waals surface area contributed by atoms with Gasteiger partial charge in [-0.3, -0.25) is 4.79 Å². The molecule has 2 heterocycles. The summed E-state index contributed by atoms with van der Waals surface area (Å²) in [6, 6.07) is 18.8. The summed E-state index contributed by atoms with van der Waals surface area (Å²) in [7, 11) is 3.40. The highest BCUT2D eigenvalue weighted by Gasteiger charge is 2.58. The zero-order chi connectivity index (χ0) is 25.6. The molecule has 3 aromatic rings. The Morgan fingerprint density at radius 1 is 0.722 bits per heavy atom. The van der Waals surface area contributed by atoms with Gasteiger partial charge < -0.3 is 19.3 Å². The molecule has 0 saturated heterocycles. The summed E-state index contributed by atoms with van der Waals surface area (Å²) in [5, 5.41) is 0. The number of hydrogen-bond acceptors (Lipinski definition) is 5. The second-order valence-electron chi connectivity index (χ2n) is 9.95. The minimum absolute atomic E-state index is 0.153. The predicted molar refractivity (Wildman–Crippen MR) is 147 cm³/mol. The molecule has 0 unspecified atom stereocenters. The zero-order valence-electron chi connectivity index (χ0n) is 22.2. The van der Waals surface area contributed by atoms with Crippen LogP contribution in [0.1, 0.15) is 57.2 Å².